The first-order valence-corrected chi connectivity index (χ1v) is 11.8. The number of amides is 3. The molecular weight excluding hydrogens is 456 g/mol. The Bertz CT molecular complexity index is 877. The highest BCUT2D eigenvalue weighted by Gasteiger charge is 2.34. The Morgan fingerprint density at radius 3 is 2.45 bits per heavy atom. The fourth-order valence-electron chi connectivity index (χ4n) is 3.11. The van der Waals surface area contributed by atoms with Gasteiger partial charge in [-0.1, -0.05) is 12.1 Å². The fourth-order valence-corrected chi connectivity index (χ4v) is 3.41. The van der Waals surface area contributed by atoms with Crippen LogP contribution in [0.2, 0.25) is 0 Å². The van der Waals surface area contributed by atoms with Crippen molar-refractivity contribution in [2.24, 2.45) is 0 Å². The van der Waals surface area contributed by atoms with E-state index in [1.165, 1.54) is 24.3 Å². The summed E-state index contributed by atoms with van der Waals surface area (Å²) in [5.41, 5.74) is 0.164. The van der Waals surface area contributed by atoms with E-state index in [1.807, 2.05) is 0 Å². The van der Waals surface area contributed by atoms with Crippen molar-refractivity contribution in [2.45, 2.75) is 18.9 Å². The summed E-state index contributed by atoms with van der Waals surface area (Å²) in [4.78, 5) is 49.4. The first-order valence-electron chi connectivity index (χ1n) is 10.3. The van der Waals surface area contributed by atoms with E-state index in [0.717, 1.165) is 0 Å². The van der Waals surface area contributed by atoms with Gasteiger partial charge in [0, 0.05) is 25.3 Å². The molecule has 0 bridgehead atoms. The Balaban J connectivity index is 1.88. The van der Waals surface area contributed by atoms with Gasteiger partial charge in [0.25, 0.3) is 5.91 Å². The molecule has 0 radical (unpaired) electrons. The number of hydrogen-bond acceptors (Lipinski definition) is 9. The lowest BCUT2D eigenvalue weighted by Gasteiger charge is -2.30. The summed E-state index contributed by atoms with van der Waals surface area (Å²) in [5, 5.41) is 2.21. The predicted molar refractivity (Wildman–Crippen MR) is 117 cm³/mol. The number of rotatable bonds is 14. The molecule has 1 saturated heterocycles. The van der Waals surface area contributed by atoms with Crippen molar-refractivity contribution in [3.8, 4) is 5.75 Å². The maximum atomic E-state index is 13.1. The molecule has 3 amide bonds. The molecule has 1 fully saturated rings. The molecule has 1 aliphatic heterocycles. The lowest BCUT2D eigenvalue weighted by Crippen LogP contribution is -2.53. The molecule has 2 atom stereocenters. The number of nitrogens with one attached hydrogen (secondary N) is 1. The number of carbonyl (C=O) groups excluding carboxylic acids is 4. The van der Waals surface area contributed by atoms with Crippen LogP contribution in [-0.2, 0) is 34.3 Å². The third-order valence-corrected chi connectivity index (χ3v) is 5.23. The average Bonchev–Trinajstić information content (AvgIpc) is 2.79. The number of aldehydes is 1. The van der Waals surface area contributed by atoms with Crippen molar-refractivity contribution in [3.63, 3.8) is 0 Å². The summed E-state index contributed by atoms with van der Waals surface area (Å²) in [6.45, 7) is 1.47. The molecule has 1 heterocycles. The van der Waals surface area contributed by atoms with Gasteiger partial charge in [-0.25, -0.2) is 4.21 Å². The topological polar surface area (TPSA) is 138 Å². The molecule has 33 heavy (non-hydrogen) atoms. The van der Waals surface area contributed by atoms with Crippen molar-refractivity contribution < 1.29 is 41.8 Å². The summed E-state index contributed by atoms with van der Waals surface area (Å²) < 4.78 is 31.9. The van der Waals surface area contributed by atoms with Gasteiger partial charge in [0.05, 0.1) is 38.6 Å². The van der Waals surface area contributed by atoms with Gasteiger partial charge in [-0.05, 0) is 12.5 Å². The van der Waals surface area contributed by atoms with E-state index in [0.29, 0.717) is 26.1 Å². The van der Waals surface area contributed by atoms with E-state index in [2.05, 4.69) is 5.32 Å². The second-order valence-corrected chi connectivity index (χ2v) is 8.06. The Hall–Kier alpha value is -2.67. The quantitative estimate of drug-likeness (QED) is 0.221. The molecular formula is C21H28N2O9S. The van der Waals surface area contributed by atoms with E-state index < -0.39 is 28.9 Å². The highest BCUT2D eigenvalue weighted by atomic mass is 32.2. The number of benzene rings is 1. The van der Waals surface area contributed by atoms with Crippen LogP contribution in [0, 0.1) is 0 Å². The SMILES string of the molecule is CN(C(=O)c1c(C=O)cccc1OCCOCCOCCOS(C)=O)C1CCC(=O)NC1=O. The molecule has 0 aromatic heterocycles. The zero-order chi connectivity index (χ0) is 24.2. The van der Waals surface area contributed by atoms with Gasteiger partial charge < -0.3 is 19.1 Å². The lowest BCUT2D eigenvalue weighted by molar-refractivity contribution is -0.136. The first kappa shape index (κ1) is 26.6. The molecule has 1 aromatic carbocycles. The standard InChI is InChI=1S/C21H28N2O9S/c1-23(16-6-7-18(25)22-20(16)26)21(27)19-15(14-24)4-3-5-17(19)31-12-10-29-8-9-30-11-13-32-33(2)28/h3-5,14,16H,6-13H2,1-2H3,(H,22,25,26). The van der Waals surface area contributed by atoms with Crippen LogP contribution in [0.4, 0.5) is 0 Å². The molecule has 1 N–H and O–H groups in total. The van der Waals surface area contributed by atoms with Gasteiger partial charge in [-0.2, -0.15) is 0 Å². The number of nitrogens with zero attached hydrogens (tertiary/aromatic N) is 1. The minimum Gasteiger partial charge on any atom is -0.490 e. The molecule has 11 nitrogen and oxygen atoms in total. The first-order chi connectivity index (χ1) is 15.8. The summed E-state index contributed by atoms with van der Waals surface area (Å²) in [6, 6.07) is 3.80. The second kappa shape index (κ2) is 13.8. The molecule has 0 saturated carbocycles. The van der Waals surface area contributed by atoms with Crippen LogP contribution >= 0.6 is 0 Å². The van der Waals surface area contributed by atoms with Crippen molar-refractivity contribution >= 4 is 35.1 Å². The van der Waals surface area contributed by atoms with E-state index >= 15 is 0 Å². The normalized spacial score (nSPS) is 16.7. The molecule has 2 rings (SSSR count). The maximum Gasteiger partial charge on any atom is 0.258 e. The number of carbonyl (C=O) groups is 4. The Morgan fingerprint density at radius 1 is 1.15 bits per heavy atom. The molecule has 12 heteroatoms. The highest BCUT2D eigenvalue weighted by Crippen LogP contribution is 2.25. The number of hydrogen-bond donors (Lipinski definition) is 1. The van der Waals surface area contributed by atoms with Crippen LogP contribution in [0.1, 0.15) is 33.6 Å². The van der Waals surface area contributed by atoms with Crippen LogP contribution in [-0.4, -0.2) is 92.1 Å². The predicted octanol–water partition coefficient (Wildman–Crippen LogP) is 0.0984. The van der Waals surface area contributed by atoms with E-state index in [9.17, 15) is 23.4 Å². The molecule has 182 valence electrons. The van der Waals surface area contributed by atoms with Crippen molar-refractivity contribution in [3.05, 3.63) is 29.3 Å². The van der Waals surface area contributed by atoms with Gasteiger partial charge in [-0.3, -0.25) is 28.7 Å². The van der Waals surface area contributed by atoms with Crippen LogP contribution in [0.25, 0.3) is 0 Å². The summed E-state index contributed by atoms with van der Waals surface area (Å²) in [7, 11) is 1.44. The largest absolute Gasteiger partial charge is 0.490 e. The monoisotopic (exact) mass is 484 g/mol. The number of piperidine rings is 1. The van der Waals surface area contributed by atoms with Gasteiger partial charge in [0.2, 0.25) is 11.8 Å². The molecule has 1 aliphatic rings. The zero-order valence-corrected chi connectivity index (χ0v) is 19.4. The van der Waals surface area contributed by atoms with Gasteiger partial charge >= 0.3 is 0 Å². The molecule has 2 unspecified atom stereocenters. The third-order valence-electron chi connectivity index (χ3n) is 4.73. The van der Waals surface area contributed by atoms with Crippen LogP contribution < -0.4 is 10.1 Å². The number of likely N-dealkylation sites (N-methyl/N-ethyl adjacent to an activating group) is 1. The van der Waals surface area contributed by atoms with Crippen LogP contribution in [0.3, 0.4) is 0 Å². The Labute approximate surface area is 194 Å². The van der Waals surface area contributed by atoms with Crippen molar-refractivity contribution in [1.29, 1.82) is 0 Å². The highest BCUT2D eigenvalue weighted by molar-refractivity contribution is 7.79. The average molecular weight is 485 g/mol. The van der Waals surface area contributed by atoms with Crippen LogP contribution in [0.5, 0.6) is 5.75 Å². The van der Waals surface area contributed by atoms with E-state index in [1.54, 1.807) is 12.1 Å². The van der Waals surface area contributed by atoms with Crippen LogP contribution in [0.15, 0.2) is 18.2 Å². The molecule has 0 spiro atoms. The van der Waals surface area contributed by atoms with E-state index in [4.69, 9.17) is 18.4 Å². The third kappa shape index (κ3) is 8.31. The molecule has 0 aliphatic carbocycles. The molecule has 1 aromatic rings. The summed E-state index contributed by atoms with van der Waals surface area (Å²) in [6.07, 6.45) is 2.30. The van der Waals surface area contributed by atoms with Crippen molar-refractivity contribution in [1.82, 2.24) is 10.2 Å². The Kier molecular flexibility index (Phi) is 11.1. The Morgan fingerprint density at radius 2 is 1.82 bits per heavy atom. The zero-order valence-electron chi connectivity index (χ0n) is 18.6. The fraction of sp³-hybridized carbons (Fsp3) is 0.524. The van der Waals surface area contributed by atoms with E-state index in [-0.39, 0.29) is 55.4 Å². The minimum atomic E-state index is -1.32. The summed E-state index contributed by atoms with van der Waals surface area (Å²) >= 11 is -1.32. The smallest absolute Gasteiger partial charge is 0.258 e. The minimum absolute atomic E-state index is 0.0383. The van der Waals surface area contributed by atoms with Crippen molar-refractivity contribution in [2.75, 3.05) is 52.9 Å². The lowest BCUT2D eigenvalue weighted by atomic mass is 10.0. The van der Waals surface area contributed by atoms with Gasteiger partial charge in [0.15, 0.2) is 17.4 Å². The maximum absolute atomic E-state index is 13.1. The number of ether oxygens (including phenoxy) is 3. The van der Waals surface area contributed by atoms with Gasteiger partial charge in [0.1, 0.15) is 18.4 Å². The number of imide groups is 1. The summed E-state index contributed by atoms with van der Waals surface area (Å²) in [5.74, 6) is -1.32. The second-order valence-electron chi connectivity index (χ2n) is 7.02. The van der Waals surface area contributed by atoms with Gasteiger partial charge in [-0.15, -0.1) is 0 Å².